The second-order valence-electron chi connectivity index (χ2n) is 4.82. The molecule has 2 aromatic rings. The van der Waals surface area contributed by atoms with Crippen LogP contribution in [-0.2, 0) is 6.54 Å². The zero-order valence-electron chi connectivity index (χ0n) is 10.9. The molecule has 0 radical (unpaired) electrons. The van der Waals surface area contributed by atoms with Gasteiger partial charge in [0.25, 0.3) is 5.69 Å². The first-order valence-corrected chi connectivity index (χ1v) is 6.05. The lowest BCUT2D eigenvalue weighted by molar-refractivity contribution is -0.384. The summed E-state index contributed by atoms with van der Waals surface area (Å²) in [5.74, 6) is 0.429. The van der Waals surface area contributed by atoms with Gasteiger partial charge in [-0.05, 0) is 12.0 Å². The lowest BCUT2D eigenvalue weighted by Gasteiger charge is -2.03. The molecule has 0 aliphatic carbocycles. The van der Waals surface area contributed by atoms with Gasteiger partial charge in [-0.15, -0.1) is 0 Å². The van der Waals surface area contributed by atoms with Gasteiger partial charge in [0.2, 0.25) is 0 Å². The number of nitro groups is 1. The molecule has 0 saturated heterocycles. The highest BCUT2D eigenvalue weighted by Crippen LogP contribution is 2.32. The molecule has 0 amide bonds. The number of para-hydroxylation sites is 1. The van der Waals surface area contributed by atoms with Gasteiger partial charge < -0.3 is 5.73 Å². The first-order valence-electron chi connectivity index (χ1n) is 6.05. The topological polar surface area (TPSA) is 87.0 Å². The van der Waals surface area contributed by atoms with Crippen molar-refractivity contribution in [1.82, 2.24) is 9.78 Å². The smallest absolute Gasteiger partial charge is 0.278 e. The van der Waals surface area contributed by atoms with Gasteiger partial charge in [0.05, 0.1) is 16.2 Å². The highest BCUT2D eigenvalue weighted by atomic mass is 16.6. The van der Waals surface area contributed by atoms with E-state index in [0.717, 1.165) is 6.54 Å². The predicted molar refractivity (Wildman–Crippen MR) is 73.6 cm³/mol. The monoisotopic (exact) mass is 260 g/mol. The van der Waals surface area contributed by atoms with Gasteiger partial charge >= 0.3 is 0 Å². The molecule has 2 N–H and O–H groups in total. The Balaban J connectivity index is 2.47. The molecule has 1 aromatic carbocycles. The fourth-order valence-corrected chi connectivity index (χ4v) is 1.95. The fourth-order valence-electron chi connectivity index (χ4n) is 1.95. The molecule has 0 unspecified atom stereocenters. The number of nitrogens with zero attached hydrogens (tertiary/aromatic N) is 3. The number of hydrogen-bond acceptors (Lipinski definition) is 4. The van der Waals surface area contributed by atoms with Crippen LogP contribution in [0.3, 0.4) is 0 Å². The number of benzene rings is 1. The molecular formula is C13H16N4O2. The van der Waals surface area contributed by atoms with Crippen LogP contribution in [0.1, 0.15) is 13.8 Å². The standard InChI is InChI=1S/C13H16N4O2/c1-9(2)7-16-8-11(14)13(15-16)10-5-3-4-6-12(10)17(18)19/h3-6,8-9H,7,14H2,1-2H3. The summed E-state index contributed by atoms with van der Waals surface area (Å²) in [7, 11) is 0. The van der Waals surface area contributed by atoms with Crippen molar-refractivity contribution in [3.63, 3.8) is 0 Å². The molecule has 0 bridgehead atoms. The summed E-state index contributed by atoms with van der Waals surface area (Å²) in [5.41, 5.74) is 7.30. The largest absolute Gasteiger partial charge is 0.396 e. The normalized spacial score (nSPS) is 10.9. The number of nitro benzene ring substituents is 1. The van der Waals surface area contributed by atoms with E-state index in [-0.39, 0.29) is 5.69 Å². The molecule has 0 atom stereocenters. The molecule has 2 rings (SSSR count). The Morgan fingerprint density at radius 3 is 2.74 bits per heavy atom. The second kappa shape index (κ2) is 5.09. The van der Waals surface area contributed by atoms with Crippen molar-refractivity contribution in [3.8, 4) is 11.3 Å². The number of hydrogen-bond donors (Lipinski definition) is 1. The number of anilines is 1. The summed E-state index contributed by atoms with van der Waals surface area (Å²) >= 11 is 0. The molecule has 0 aliphatic rings. The van der Waals surface area contributed by atoms with Crippen LogP contribution in [-0.4, -0.2) is 14.7 Å². The zero-order valence-corrected chi connectivity index (χ0v) is 10.9. The fraction of sp³-hybridized carbons (Fsp3) is 0.308. The number of aromatic nitrogens is 2. The van der Waals surface area contributed by atoms with Crippen LogP contribution < -0.4 is 5.73 Å². The van der Waals surface area contributed by atoms with Crippen molar-refractivity contribution in [2.75, 3.05) is 5.73 Å². The van der Waals surface area contributed by atoms with Gasteiger partial charge in [0, 0.05) is 18.8 Å². The third-order valence-corrected chi connectivity index (χ3v) is 2.70. The van der Waals surface area contributed by atoms with Crippen molar-refractivity contribution in [2.24, 2.45) is 5.92 Å². The third kappa shape index (κ3) is 2.73. The van der Waals surface area contributed by atoms with Crippen LogP contribution in [0.15, 0.2) is 30.5 Å². The molecule has 6 nitrogen and oxygen atoms in total. The van der Waals surface area contributed by atoms with Crippen molar-refractivity contribution >= 4 is 11.4 Å². The maximum atomic E-state index is 11.0. The minimum atomic E-state index is -0.420. The van der Waals surface area contributed by atoms with E-state index in [0.29, 0.717) is 22.9 Å². The highest BCUT2D eigenvalue weighted by Gasteiger charge is 2.19. The maximum absolute atomic E-state index is 11.0. The van der Waals surface area contributed by atoms with Gasteiger partial charge in [-0.1, -0.05) is 26.0 Å². The van der Waals surface area contributed by atoms with E-state index < -0.39 is 4.92 Å². The predicted octanol–water partition coefficient (Wildman–Crippen LogP) is 2.70. The van der Waals surface area contributed by atoms with Crippen molar-refractivity contribution in [3.05, 3.63) is 40.6 Å². The summed E-state index contributed by atoms with van der Waals surface area (Å²) in [6.07, 6.45) is 1.71. The van der Waals surface area contributed by atoms with Gasteiger partial charge in [-0.3, -0.25) is 14.8 Å². The Morgan fingerprint density at radius 2 is 2.11 bits per heavy atom. The van der Waals surface area contributed by atoms with Gasteiger partial charge in [-0.2, -0.15) is 5.10 Å². The summed E-state index contributed by atoms with van der Waals surface area (Å²) in [6.45, 7) is 4.87. The molecule has 0 aliphatic heterocycles. The lowest BCUT2D eigenvalue weighted by Crippen LogP contribution is -2.04. The number of nitrogens with two attached hydrogens (primary N) is 1. The number of rotatable bonds is 4. The molecule has 0 spiro atoms. The average molecular weight is 260 g/mol. The van der Waals surface area contributed by atoms with E-state index in [1.807, 2.05) is 0 Å². The third-order valence-electron chi connectivity index (χ3n) is 2.70. The van der Waals surface area contributed by atoms with Crippen LogP contribution in [0.4, 0.5) is 11.4 Å². The van der Waals surface area contributed by atoms with Crippen LogP contribution in [0.5, 0.6) is 0 Å². The van der Waals surface area contributed by atoms with E-state index in [1.165, 1.54) is 6.07 Å². The van der Waals surface area contributed by atoms with E-state index in [9.17, 15) is 10.1 Å². The zero-order chi connectivity index (χ0) is 14.0. The van der Waals surface area contributed by atoms with Gasteiger partial charge in [0.15, 0.2) is 0 Å². The lowest BCUT2D eigenvalue weighted by atomic mass is 10.1. The van der Waals surface area contributed by atoms with Crippen molar-refractivity contribution < 1.29 is 4.92 Å². The van der Waals surface area contributed by atoms with Gasteiger partial charge in [-0.25, -0.2) is 0 Å². The molecule has 19 heavy (non-hydrogen) atoms. The van der Waals surface area contributed by atoms with E-state index in [1.54, 1.807) is 29.1 Å². The molecule has 100 valence electrons. The second-order valence-corrected chi connectivity index (χ2v) is 4.82. The van der Waals surface area contributed by atoms with Crippen LogP contribution in [0.25, 0.3) is 11.3 Å². The molecule has 6 heteroatoms. The summed E-state index contributed by atoms with van der Waals surface area (Å²) in [5, 5.41) is 15.4. The van der Waals surface area contributed by atoms with Gasteiger partial charge in [0.1, 0.15) is 5.69 Å². The Morgan fingerprint density at radius 1 is 1.42 bits per heavy atom. The van der Waals surface area contributed by atoms with E-state index >= 15 is 0 Å². The Hall–Kier alpha value is -2.37. The Bertz CT molecular complexity index is 604. The maximum Gasteiger partial charge on any atom is 0.278 e. The first-order chi connectivity index (χ1) is 8.99. The quantitative estimate of drug-likeness (QED) is 0.676. The SMILES string of the molecule is CC(C)Cn1cc(N)c(-c2ccccc2[N+](=O)[O-])n1. The Labute approximate surface area is 111 Å². The molecule has 0 fully saturated rings. The summed E-state index contributed by atoms with van der Waals surface area (Å²) in [6, 6.07) is 6.49. The van der Waals surface area contributed by atoms with E-state index in [4.69, 9.17) is 5.73 Å². The van der Waals surface area contributed by atoms with Crippen molar-refractivity contribution in [2.45, 2.75) is 20.4 Å². The molecule has 1 heterocycles. The number of nitrogen functional groups attached to an aromatic ring is 1. The average Bonchev–Trinajstić information content (AvgIpc) is 2.69. The van der Waals surface area contributed by atoms with Crippen molar-refractivity contribution in [1.29, 1.82) is 0 Å². The van der Waals surface area contributed by atoms with Crippen LogP contribution in [0, 0.1) is 16.0 Å². The minimum Gasteiger partial charge on any atom is -0.396 e. The van der Waals surface area contributed by atoms with Crippen LogP contribution in [0.2, 0.25) is 0 Å². The molecule has 0 saturated carbocycles. The molecular weight excluding hydrogens is 244 g/mol. The summed E-state index contributed by atoms with van der Waals surface area (Å²) in [4.78, 5) is 10.6. The summed E-state index contributed by atoms with van der Waals surface area (Å²) < 4.78 is 1.73. The van der Waals surface area contributed by atoms with Crippen LogP contribution >= 0.6 is 0 Å². The highest BCUT2D eigenvalue weighted by molar-refractivity contribution is 5.78. The first kappa shape index (κ1) is 13.1. The Kier molecular flexibility index (Phi) is 3.50. The minimum absolute atomic E-state index is 0.0176. The molecule has 1 aromatic heterocycles. The van der Waals surface area contributed by atoms with E-state index in [2.05, 4.69) is 18.9 Å².